The fraction of sp³-hybridized carbons (Fsp3) is 0.600. The maximum Gasteiger partial charge on any atom is 0.342 e. The van der Waals surface area contributed by atoms with E-state index in [4.69, 9.17) is 20.3 Å². The normalized spacial score (nSPS) is 11.4. The molecule has 4 N–H and O–H groups in total. The van der Waals surface area contributed by atoms with Crippen molar-refractivity contribution in [3.63, 3.8) is 0 Å². The number of benzene rings is 1. The van der Waals surface area contributed by atoms with Crippen LogP contribution < -0.4 is 10.5 Å². The van der Waals surface area contributed by atoms with Crippen molar-refractivity contribution < 1.29 is 24.5 Å². The maximum atomic E-state index is 12.0. The van der Waals surface area contributed by atoms with E-state index in [0.717, 1.165) is 38.5 Å². The number of aliphatic imine (C=N–C) groups is 1. The number of aromatic hydroxyl groups is 1. The molecule has 7 nitrogen and oxygen atoms in total. The summed E-state index contributed by atoms with van der Waals surface area (Å²) in [5.41, 5.74) is 6.49. The number of esters is 1. The number of hydrogen-bond donors (Lipinski definition) is 3. The molecule has 0 fully saturated rings. The molecule has 0 unspecified atom stereocenters. The molecule has 0 aromatic heterocycles. The van der Waals surface area contributed by atoms with Gasteiger partial charge in [-0.2, -0.15) is 0 Å². The first-order valence-corrected chi connectivity index (χ1v) is 9.63. The second-order valence-electron chi connectivity index (χ2n) is 6.14. The first kappa shape index (κ1) is 22.8. The molecular formula is C20H32N2O5. The third kappa shape index (κ3) is 7.86. The predicted octanol–water partition coefficient (Wildman–Crippen LogP) is 3.01. The molecule has 1 rings (SSSR count). The zero-order chi connectivity index (χ0) is 20.1. The van der Waals surface area contributed by atoms with Crippen LogP contribution >= 0.6 is 0 Å². The van der Waals surface area contributed by atoms with Gasteiger partial charge in [-0.25, -0.2) is 4.79 Å². The van der Waals surface area contributed by atoms with Gasteiger partial charge in [0.2, 0.25) is 0 Å². The fourth-order valence-electron chi connectivity index (χ4n) is 2.62. The number of unbranched alkanes of at least 4 members (excludes halogenated alkanes) is 5. The number of amidine groups is 1. The molecule has 1 aromatic rings. The number of phenolic OH excluding ortho intramolecular Hbond substituents is 1. The molecule has 7 heteroatoms. The SMILES string of the molecule is CCN=C(N)c1cc(O)c(C(=O)OCC)cc1OCCCCCCCCO. The molecule has 0 aliphatic rings. The quantitative estimate of drug-likeness (QED) is 0.210. The largest absolute Gasteiger partial charge is 0.507 e. The van der Waals surface area contributed by atoms with Crippen molar-refractivity contribution in [3.05, 3.63) is 23.3 Å². The minimum Gasteiger partial charge on any atom is -0.507 e. The van der Waals surface area contributed by atoms with Gasteiger partial charge in [-0.3, -0.25) is 4.99 Å². The highest BCUT2D eigenvalue weighted by molar-refractivity contribution is 6.02. The minimum atomic E-state index is -0.610. The Morgan fingerprint density at radius 1 is 1.07 bits per heavy atom. The van der Waals surface area contributed by atoms with Gasteiger partial charge in [-0.1, -0.05) is 25.7 Å². The number of carbonyl (C=O) groups is 1. The van der Waals surface area contributed by atoms with Crippen LogP contribution in [0.15, 0.2) is 17.1 Å². The van der Waals surface area contributed by atoms with Crippen LogP contribution in [-0.2, 0) is 4.74 Å². The predicted molar refractivity (Wildman–Crippen MR) is 106 cm³/mol. The second-order valence-corrected chi connectivity index (χ2v) is 6.14. The molecule has 0 atom stereocenters. The Labute approximate surface area is 161 Å². The van der Waals surface area contributed by atoms with E-state index >= 15 is 0 Å². The van der Waals surface area contributed by atoms with Crippen LogP contribution in [0.5, 0.6) is 11.5 Å². The molecule has 0 aliphatic heterocycles. The lowest BCUT2D eigenvalue weighted by Gasteiger charge is -2.14. The van der Waals surface area contributed by atoms with Crippen LogP contribution in [0.25, 0.3) is 0 Å². The third-order valence-corrected chi connectivity index (χ3v) is 4.01. The van der Waals surface area contributed by atoms with E-state index in [2.05, 4.69) is 4.99 Å². The Morgan fingerprint density at radius 3 is 2.37 bits per heavy atom. The first-order chi connectivity index (χ1) is 13.0. The zero-order valence-electron chi connectivity index (χ0n) is 16.4. The van der Waals surface area contributed by atoms with Crippen LogP contribution in [0.3, 0.4) is 0 Å². The Bertz CT molecular complexity index is 617. The minimum absolute atomic E-state index is 0.0453. The van der Waals surface area contributed by atoms with Gasteiger partial charge in [-0.15, -0.1) is 0 Å². The lowest BCUT2D eigenvalue weighted by Crippen LogP contribution is -2.17. The van der Waals surface area contributed by atoms with Crippen molar-refractivity contribution in [2.45, 2.75) is 52.4 Å². The topological polar surface area (TPSA) is 114 Å². The standard InChI is InChI=1S/C20H32N2O5/c1-3-22-19(21)16-13-17(24)15(20(25)26-4-2)14-18(16)27-12-10-8-6-5-7-9-11-23/h13-14,23-24H,3-12H2,1-2H3,(H2,21,22). The van der Waals surface area contributed by atoms with Crippen molar-refractivity contribution in [2.75, 3.05) is 26.4 Å². The average molecular weight is 380 g/mol. The van der Waals surface area contributed by atoms with E-state index < -0.39 is 5.97 Å². The summed E-state index contributed by atoms with van der Waals surface area (Å²) in [5.74, 6) is -0.164. The van der Waals surface area contributed by atoms with Crippen molar-refractivity contribution in [2.24, 2.45) is 10.7 Å². The smallest absolute Gasteiger partial charge is 0.342 e. The van der Waals surface area contributed by atoms with Crippen LogP contribution in [0, 0.1) is 0 Å². The van der Waals surface area contributed by atoms with E-state index in [1.54, 1.807) is 6.92 Å². The molecule has 0 spiro atoms. The fourth-order valence-corrected chi connectivity index (χ4v) is 2.62. The molecule has 1 aromatic carbocycles. The molecule has 27 heavy (non-hydrogen) atoms. The van der Waals surface area contributed by atoms with Gasteiger partial charge in [0.1, 0.15) is 22.9 Å². The molecule has 0 amide bonds. The number of phenols is 1. The van der Waals surface area contributed by atoms with Crippen LogP contribution in [-0.4, -0.2) is 48.4 Å². The lowest BCUT2D eigenvalue weighted by atomic mass is 10.1. The van der Waals surface area contributed by atoms with E-state index in [-0.39, 0.29) is 30.4 Å². The molecule has 0 aliphatic carbocycles. The van der Waals surface area contributed by atoms with Gasteiger partial charge >= 0.3 is 5.97 Å². The summed E-state index contributed by atoms with van der Waals surface area (Å²) < 4.78 is 10.8. The highest BCUT2D eigenvalue weighted by Crippen LogP contribution is 2.29. The first-order valence-electron chi connectivity index (χ1n) is 9.63. The van der Waals surface area contributed by atoms with E-state index in [1.807, 2.05) is 6.92 Å². The highest BCUT2D eigenvalue weighted by Gasteiger charge is 2.19. The summed E-state index contributed by atoms with van der Waals surface area (Å²) >= 11 is 0. The molecule has 0 saturated carbocycles. The summed E-state index contributed by atoms with van der Waals surface area (Å²) in [7, 11) is 0. The number of nitrogens with two attached hydrogens (primary N) is 1. The Hall–Kier alpha value is -2.28. The lowest BCUT2D eigenvalue weighted by molar-refractivity contribution is 0.0522. The molecule has 0 heterocycles. The van der Waals surface area contributed by atoms with Crippen LogP contribution in [0.2, 0.25) is 0 Å². The monoisotopic (exact) mass is 380 g/mol. The van der Waals surface area contributed by atoms with Gasteiger partial charge in [0.05, 0.1) is 18.8 Å². The van der Waals surface area contributed by atoms with Crippen molar-refractivity contribution in [1.82, 2.24) is 0 Å². The maximum absolute atomic E-state index is 12.0. The van der Waals surface area contributed by atoms with Crippen molar-refractivity contribution >= 4 is 11.8 Å². The molecule has 0 bridgehead atoms. The van der Waals surface area contributed by atoms with Gasteiger partial charge in [0.15, 0.2) is 0 Å². The van der Waals surface area contributed by atoms with Gasteiger partial charge in [-0.05, 0) is 38.8 Å². The zero-order valence-corrected chi connectivity index (χ0v) is 16.4. The average Bonchev–Trinajstić information content (AvgIpc) is 2.64. The molecular weight excluding hydrogens is 348 g/mol. The Kier molecular flexibility index (Phi) is 10.9. The number of ether oxygens (including phenoxy) is 2. The van der Waals surface area contributed by atoms with E-state index in [1.165, 1.54) is 12.1 Å². The summed E-state index contributed by atoms with van der Waals surface area (Å²) in [6.07, 6.45) is 5.93. The third-order valence-electron chi connectivity index (χ3n) is 4.01. The van der Waals surface area contributed by atoms with Crippen LogP contribution in [0.4, 0.5) is 0 Å². The molecule has 0 saturated heterocycles. The number of nitrogens with zero attached hydrogens (tertiary/aromatic N) is 1. The summed E-state index contributed by atoms with van der Waals surface area (Å²) in [5, 5.41) is 18.9. The van der Waals surface area contributed by atoms with E-state index in [0.29, 0.717) is 24.5 Å². The summed E-state index contributed by atoms with van der Waals surface area (Å²) in [4.78, 5) is 16.2. The number of rotatable bonds is 13. The second kappa shape index (κ2) is 13.0. The van der Waals surface area contributed by atoms with Crippen LogP contribution in [0.1, 0.15) is 68.3 Å². The van der Waals surface area contributed by atoms with Crippen molar-refractivity contribution in [1.29, 1.82) is 0 Å². The van der Waals surface area contributed by atoms with Crippen molar-refractivity contribution in [3.8, 4) is 11.5 Å². The number of aliphatic hydroxyl groups excluding tert-OH is 1. The Morgan fingerprint density at radius 2 is 1.74 bits per heavy atom. The highest BCUT2D eigenvalue weighted by atomic mass is 16.5. The summed E-state index contributed by atoms with van der Waals surface area (Å²) in [6.45, 7) is 4.99. The molecule has 0 radical (unpaired) electrons. The number of carbonyl (C=O) groups excluding carboxylic acids is 1. The number of aliphatic hydroxyl groups is 1. The number of hydrogen-bond acceptors (Lipinski definition) is 6. The Balaban J connectivity index is 2.79. The summed E-state index contributed by atoms with van der Waals surface area (Å²) in [6, 6.07) is 2.85. The van der Waals surface area contributed by atoms with Gasteiger partial charge < -0.3 is 25.4 Å². The molecule has 152 valence electrons. The van der Waals surface area contributed by atoms with Gasteiger partial charge in [0, 0.05) is 13.2 Å². The van der Waals surface area contributed by atoms with Gasteiger partial charge in [0.25, 0.3) is 0 Å². The van der Waals surface area contributed by atoms with E-state index in [9.17, 15) is 9.90 Å².